The standard InChI is InChI=1S/C16H18N2O3/c1-10-6-4-5-7-14(10)18-11(2)8-13(12(18)3)16(21)17-9-15(19)20/h4-8H,9H2,1-3H3,(H,17,21)(H,19,20). The van der Waals surface area contributed by atoms with E-state index in [1.54, 1.807) is 6.07 Å². The number of carboxylic acids is 1. The van der Waals surface area contributed by atoms with Gasteiger partial charge >= 0.3 is 5.97 Å². The summed E-state index contributed by atoms with van der Waals surface area (Å²) in [6.07, 6.45) is 0. The zero-order chi connectivity index (χ0) is 15.6. The van der Waals surface area contributed by atoms with Crippen molar-refractivity contribution in [2.24, 2.45) is 0 Å². The molecule has 0 aliphatic carbocycles. The van der Waals surface area contributed by atoms with E-state index in [0.717, 1.165) is 22.6 Å². The molecule has 5 nitrogen and oxygen atoms in total. The number of para-hydroxylation sites is 1. The van der Waals surface area contributed by atoms with E-state index in [0.29, 0.717) is 5.56 Å². The van der Waals surface area contributed by atoms with E-state index in [1.165, 1.54) is 0 Å². The second-order valence-corrected chi connectivity index (χ2v) is 4.98. The molecule has 21 heavy (non-hydrogen) atoms. The minimum atomic E-state index is -1.06. The number of nitrogens with zero attached hydrogens (tertiary/aromatic N) is 1. The smallest absolute Gasteiger partial charge is 0.322 e. The van der Waals surface area contributed by atoms with Crippen molar-refractivity contribution in [3.8, 4) is 5.69 Å². The van der Waals surface area contributed by atoms with Crippen molar-refractivity contribution in [2.45, 2.75) is 20.8 Å². The Labute approximate surface area is 123 Å². The number of aliphatic carboxylic acids is 1. The molecule has 1 aromatic heterocycles. The molecule has 0 spiro atoms. The highest BCUT2D eigenvalue weighted by molar-refractivity contribution is 5.97. The maximum atomic E-state index is 12.1. The van der Waals surface area contributed by atoms with E-state index in [2.05, 4.69) is 5.32 Å². The molecule has 0 saturated carbocycles. The van der Waals surface area contributed by atoms with Crippen LogP contribution in [0.25, 0.3) is 5.69 Å². The monoisotopic (exact) mass is 286 g/mol. The highest BCUT2D eigenvalue weighted by Gasteiger charge is 2.17. The topological polar surface area (TPSA) is 71.3 Å². The highest BCUT2D eigenvalue weighted by atomic mass is 16.4. The first-order chi connectivity index (χ1) is 9.91. The van der Waals surface area contributed by atoms with Crippen LogP contribution in [0.15, 0.2) is 30.3 Å². The fourth-order valence-electron chi connectivity index (χ4n) is 2.43. The first-order valence-corrected chi connectivity index (χ1v) is 6.66. The van der Waals surface area contributed by atoms with Gasteiger partial charge in [0.25, 0.3) is 5.91 Å². The van der Waals surface area contributed by atoms with Gasteiger partial charge < -0.3 is 15.0 Å². The lowest BCUT2D eigenvalue weighted by Crippen LogP contribution is -2.29. The number of carbonyl (C=O) groups is 2. The van der Waals surface area contributed by atoms with Crippen LogP contribution >= 0.6 is 0 Å². The number of rotatable bonds is 4. The number of aryl methyl sites for hydroxylation is 2. The van der Waals surface area contributed by atoms with Crippen molar-refractivity contribution in [1.29, 1.82) is 0 Å². The van der Waals surface area contributed by atoms with Gasteiger partial charge in [-0.1, -0.05) is 18.2 Å². The fourth-order valence-corrected chi connectivity index (χ4v) is 2.43. The Morgan fingerprint density at radius 2 is 1.86 bits per heavy atom. The summed E-state index contributed by atoms with van der Waals surface area (Å²) in [5.41, 5.74) is 4.35. The molecule has 0 atom stereocenters. The molecule has 0 aliphatic rings. The number of hydrogen-bond donors (Lipinski definition) is 2. The van der Waals surface area contributed by atoms with Gasteiger partial charge in [0.1, 0.15) is 6.54 Å². The van der Waals surface area contributed by atoms with Crippen LogP contribution < -0.4 is 5.32 Å². The molecule has 0 fully saturated rings. The van der Waals surface area contributed by atoms with E-state index in [4.69, 9.17) is 5.11 Å². The van der Waals surface area contributed by atoms with E-state index < -0.39 is 5.97 Å². The van der Waals surface area contributed by atoms with Crippen molar-refractivity contribution < 1.29 is 14.7 Å². The first-order valence-electron chi connectivity index (χ1n) is 6.66. The molecule has 2 rings (SSSR count). The molecule has 1 aromatic carbocycles. The molecule has 1 heterocycles. The second kappa shape index (κ2) is 5.83. The van der Waals surface area contributed by atoms with Crippen molar-refractivity contribution in [2.75, 3.05) is 6.54 Å². The van der Waals surface area contributed by atoms with Crippen LogP contribution in [0, 0.1) is 20.8 Å². The number of carboxylic acid groups (broad SMARTS) is 1. The molecule has 0 bridgehead atoms. The Morgan fingerprint density at radius 3 is 2.48 bits per heavy atom. The number of carbonyl (C=O) groups excluding carboxylic acids is 1. The lowest BCUT2D eigenvalue weighted by Gasteiger charge is -2.12. The average Bonchev–Trinajstić information content (AvgIpc) is 2.72. The molecule has 0 aliphatic heterocycles. The molecular formula is C16H18N2O3. The maximum absolute atomic E-state index is 12.1. The third-order valence-electron chi connectivity index (χ3n) is 3.43. The van der Waals surface area contributed by atoms with Gasteiger partial charge in [-0.05, 0) is 38.5 Å². The van der Waals surface area contributed by atoms with Gasteiger partial charge in [-0.25, -0.2) is 0 Å². The van der Waals surface area contributed by atoms with Crippen LogP contribution in [-0.4, -0.2) is 28.1 Å². The third-order valence-corrected chi connectivity index (χ3v) is 3.43. The number of aromatic nitrogens is 1. The summed E-state index contributed by atoms with van der Waals surface area (Å²) in [5, 5.41) is 11.0. The third kappa shape index (κ3) is 2.97. The molecule has 1 amide bonds. The van der Waals surface area contributed by atoms with Crippen molar-refractivity contribution in [3.63, 3.8) is 0 Å². The predicted molar refractivity (Wildman–Crippen MR) is 79.9 cm³/mol. The van der Waals surface area contributed by atoms with E-state index in [-0.39, 0.29) is 12.5 Å². The average molecular weight is 286 g/mol. The molecule has 110 valence electrons. The van der Waals surface area contributed by atoms with Crippen LogP contribution in [0.3, 0.4) is 0 Å². The van der Waals surface area contributed by atoms with Crippen LogP contribution in [0.2, 0.25) is 0 Å². The minimum Gasteiger partial charge on any atom is -0.480 e. The summed E-state index contributed by atoms with van der Waals surface area (Å²) >= 11 is 0. The van der Waals surface area contributed by atoms with Gasteiger partial charge in [-0.15, -0.1) is 0 Å². The van der Waals surface area contributed by atoms with Crippen molar-refractivity contribution >= 4 is 11.9 Å². The molecule has 0 saturated heterocycles. The van der Waals surface area contributed by atoms with E-state index in [9.17, 15) is 9.59 Å². The van der Waals surface area contributed by atoms with E-state index >= 15 is 0 Å². The Balaban J connectivity index is 2.41. The summed E-state index contributed by atoms with van der Waals surface area (Å²) in [7, 11) is 0. The van der Waals surface area contributed by atoms with Crippen LogP contribution in [0.4, 0.5) is 0 Å². The SMILES string of the molecule is Cc1ccccc1-n1c(C)cc(C(=O)NCC(=O)O)c1C. The molecule has 0 unspecified atom stereocenters. The van der Waals surface area contributed by atoms with Crippen LogP contribution in [-0.2, 0) is 4.79 Å². The van der Waals surface area contributed by atoms with Gasteiger partial charge in [0.05, 0.1) is 5.56 Å². The number of benzene rings is 1. The zero-order valence-corrected chi connectivity index (χ0v) is 12.3. The largest absolute Gasteiger partial charge is 0.480 e. The Hall–Kier alpha value is -2.56. The van der Waals surface area contributed by atoms with Gasteiger partial charge in [0.15, 0.2) is 0 Å². The number of amides is 1. The van der Waals surface area contributed by atoms with E-state index in [1.807, 2.05) is 49.6 Å². The second-order valence-electron chi connectivity index (χ2n) is 4.98. The molecular weight excluding hydrogens is 268 g/mol. The molecule has 0 radical (unpaired) electrons. The molecule has 5 heteroatoms. The number of nitrogens with one attached hydrogen (secondary N) is 1. The lowest BCUT2D eigenvalue weighted by molar-refractivity contribution is -0.135. The van der Waals surface area contributed by atoms with Gasteiger partial charge in [-0.2, -0.15) is 0 Å². The Kier molecular flexibility index (Phi) is 4.12. The maximum Gasteiger partial charge on any atom is 0.322 e. The lowest BCUT2D eigenvalue weighted by atomic mass is 10.2. The summed E-state index contributed by atoms with van der Waals surface area (Å²) < 4.78 is 2.00. The first kappa shape index (κ1) is 14.8. The number of hydrogen-bond acceptors (Lipinski definition) is 2. The van der Waals surface area contributed by atoms with Crippen LogP contribution in [0.5, 0.6) is 0 Å². The zero-order valence-electron chi connectivity index (χ0n) is 12.3. The summed E-state index contributed by atoms with van der Waals surface area (Å²) in [4.78, 5) is 22.6. The molecule has 2 aromatic rings. The molecule has 2 N–H and O–H groups in total. The highest BCUT2D eigenvalue weighted by Crippen LogP contribution is 2.23. The van der Waals surface area contributed by atoms with Gasteiger partial charge in [0, 0.05) is 17.1 Å². The minimum absolute atomic E-state index is 0.370. The summed E-state index contributed by atoms with van der Waals surface area (Å²) in [6.45, 7) is 5.41. The fraction of sp³-hybridized carbons (Fsp3) is 0.250. The summed E-state index contributed by atoms with van der Waals surface area (Å²) in [5.74, 6) is -1.43. The quantitative estimate of drug-likeness (QED) is 0.905. The predicted octanol–water partition coefficient (Wildman–Crippen LogP) is 2.22. The van der Waals surface area contributed by atoms with Gasteiger partial charge in [-0.3, -0.25) is 9.59 Å². The van der Waals surface area contributed by atoms with Crippen molar-refractivity contribution in [1.82, 2.24) is 9.88 Å². The Bertz CT molecular complexity index is 702. The van der Waals surface area contributed by atoms with Crippen LogP contribution in [0.1, 0.15) is 27.3 Å². The normalized spacial score (nSPS) is 10.4. The summed E-state index contributed by atoms with van der Waals surface area (Å²) in [6, 6.07) is 9.70. The Morgan fingerprint density at radius 1 is 1.19 bits per heavy atom. The van der Waals surface area contributed by atoms with Crippen molar-refractivity contribution in [3.05, 3.63) is 52.8 Å². The van der Waals surface area contributed by atoms with Gasteiger partial charge in [0.2, 0.25) is 0 Å².